The Morgan fingerprint density at radius 2 is 1.46 bits per heavy atom. The van der Waals surface area contributed by atoms with E-state index in [1.807, 2.05) is 0 Å². The first-order valence-corrected chi connectivity index (χ1v) is 12.0. The molecule has 1 rings (SSSR count). The molecule has 2 nitrogen and oxygen atoms in total. The highest BCUT2D eigenvalue weighted by atomic mass is 28.4. The van der Waals surface area contributed by atoms with E-state index in [1.165, 1.54) is 6.54 Å². The van der Waals surface area contributed by atoms with E-state index >= 15 is 0 Å². The lowest BCUT2D eigenvalue weighted by Gasteiger charge is -2.43. The van der Waals surface area contributed by atoms with Crippen molar-refractivity contribution in [3.05, 3.63) is 0 Å². The molecule has 0 radical (unpaired) electrons. The molecule has 1 saturated heterocycles. The molecular formula is C9H23NOSi2. The van der Waals surface area contributed by atoms with Crippen LogP contribution in [0.1, 0.15) is 0 Å². The van der Waals surface area contributed by atoms with Crippen molar-refractivity contribution in [3.63, 3.8) is 0 Å². The van der Waals surface area contributed by atoms with Crippen molar-refractivity contribution >= 4 is 16.5 Å². The van der Waals surface area contributed by atoms with Gasteiger partial charge in [-0.1, -0.05) is 39.3 Å². The first-order valence-electron chi connectivity index (χ1n) is 5.10. The molecule has 0 amide bonds. The van der Waals surface area contributed by atoms with Crippen molar-refractivity contribution in [2.24, 2.45) is 0 Å². The molecule has 0 saturated carbocycles. The van der Waals surface area contributed by atoms with E-state index in [-0.39, 0.29) is 0 Å². The Bertz CT molecular complexity index is 165. The second kappa shape index (κ2) is 3.49. The van der Waals surface area contributed by atoms with Crippen molar-refractivity contribution in [3.8, 4) is 0 Å². The summed E-state index contributed by atoms with van der Waals surface area (Å²) < 4.78 is 8.12. The van der Waals surface area contributed by atoms with Crippen LogP contribution in [0.4, 0.5) is 0 Å². The van der Waals surface area contributed by atoms with Crippen molar-refractivity contribution in [1.29, 1.82) is 0 Å². The van der Waals surface area contributed by atoms with Crippen LogP contribution in [0.2, 0.25) is 39.3 Å². The molecule has 1 unspecified atom stereocenters. The Kier molecular flexibility index (Phi) is 3.07. The van der Waals surface area contributed by atoms with E-state index < -0.39 is 16.5 Å². The fourth-order valence-electron chi connectivity index (χ4n) is 1.93. The lowest BCUT2D eigenvalue weighted by atomic mass is 10.5. The van der Waals surface area contributed by atoms with Gasteiger partial charge in [0.15, 0.2) is 0 Å². The van der Waals surface area contributed by atoms with Gasteiger partial charge < -0.3 is 8.97 Å². The quantitative estimate of drug-likeness (QED) is 0.531. The molecule has 0 N–H and O–H groups in total. The number of nitrogens with zero attached hydrogens (tertiary/aromatic N) is 1. The lowest BCUT2D eigenvalue weighted by Crippen LogP contribution is -2.60. The first kappa shape index (κ1) is 11.4. The number of hydrogen-bond donors (Lipinski definition) is 0. The van der Waals surface area contributed by atoms with E-state index in [1.54, 1.807) is 0 Å². The standard InChI is InChI=1S/C9H23NOSi2/c1-12(2,3)10(13(4,5)6)7-9-8-11-9/h9H,7-8H2,1-6H3. The zero-order chi connectivity index (χ0) is 10.3. The third kappa shape index (κ3) is 3.54. The molecule has 4 heteroatoms. The van der Waals surface area contributed by atoms with E-state index in [4.69, 9.17) is 4.74 Å². The molecule has 0 aliphatic carbocycles. The molecule has 0 aromatic carbocycles. The van der Waals surface area contributed by atoms with Crippen molar-refractivity contribution in [2.75, 3.05) is 13.2 Å². The van der Waals surface area contributed by atoms with Crippen LogP contribution in [0.5, 0.6) is 0 Å². The van der Waals surface area contributed by atoms with E-state index in [9.17, 15) is 0 Å². The maximum absolute atomic E-state index is 5.33. The van der Waals surface area contributed by atoms with E-state index in [2.05, 4.69) is 43.5 Å². The third-order valence-corrected chi connectivity index (χ3v) is 10.0. The molecular weight excluding hydrogens is 194 g/mol. The molecule has 13 heavy (non-hydrogen) atoms. The summed E-state index contributed by atoms with van der Waals surface area (Å²) in [5, 5.41) is 0. The second-order valence-electron chi connectivity index (χ2n) is 5.91. The smallest absolute Gasteiger partial charge is 0.112 e. The molecule has 0 spiro atoms. The highest BCUT2D eigenvalue weighted by Gasteiger charge is 2.38. The number of ether oxygens (including phenoxy) is 1. The number of epoxide rings is 1. The normalized spacial score (nSPS) is 23.8. The summed E-state index contributed by atoms with van der Waals surface area (Å²) >= 11 is 0. The minimum Gasteiger partial charge on any atom is -0.372 e. The Hall–Kier alpha value is 0.354. The predicted molar refractivity (Wildman–Crippen MR) is 63.1 cm³/mol. The summed E-state index contributed by atoms with van der Waals surface area (Å²) in [4.78, 5) is 0. The number of hydrogen-bond acceptors (Lipinski definition) is 2. The molecule has 1 aliphatic heterocycles. The number of rotatable bonds is 4. The van der Waals surface area contributed by atoms with Gasteiger partial charge in [0.25, 0.3) is 0 Å². The molecule has 0 aromatic rings. The monoisotopic (exact) mass is 217 g/mol. The van der Waals surface area contributed by atoms with Gasteiger partial charge in [0.2, 0.25) is 0 Å². The zero-order valence-electron chi connectivity index (χ0n) is 9.85. The topological polar surface area (TPSA) is 15.8 Å². The highest BCUT2D eigenvalue weighted by molar-refractivity contribution is 6.89. The fourth-order valence-corrected chi connectivity index (χ4v) is 11.5. The van der Waals surface area contributed by atoms with Crippen molar-refractivity contribution in [1.82, 2.24) is 4.23 Å². The van der Waals surface area contributed by atoms with E-state index in [0.29, 0.717) is 6.10 Å². The molecule has 1 heterocycles. The van der Waals surface area contributed by atoms with Crippen LogP contribution in [0, 0.1) is 0 Å². The van der Waals surface area contributed by atoms with Crippen LogP contribution >= 0.6 is 0 Å². The van der Waals surface area contributed by atoms with Gasteiger partial charge in [-0.05, 0) is 0 Å². The van der Waals surface area contributed by atoms with Gasteiger partial charge in [-0.3, -0.25) is 0 Å². The second-order valence-corrected chi connectivity index (χ2v) is 16.1. The maximum atomic E-state index is 5.33. The predicted octanol–water partition coefficient (Wildman–Crippen LogP) is 2.36. The Morgan fingerprint density at radius 3 is 1.69 bits per heavy atom. The highest BCUT2D eigenvalue weighted by Crippen LogP contribution is 2.23. The van der Waals surface area contributed by atoms with E-state index in [0.717, 1.165) is 6.61 Å². The summed E-state index contributed by atoms with van der Waals surface area (Å²) in [6.45, 7) is 16.8. The molecule has 1 atom stereocenters. The minimum absolute atomic E-state index is 0.554. The average Bonchev–Trinajstić information content (AvgIpc) is 2.58. The molecule has 0 aromatic heterocycles. The van der Waals surface area contributed by atoms with Gasteiger partial charge in [0.1, 0.15) is 16.5 Å². The lowest BCUT2D eigenvalue weighted by molar-refractivity contribution is 0.381. The molecule has 1 fully saturated rings. The Balaban J connectivity index is 2.63. The third-order valence-electron chi connectivity index (χ3n) is 2.41. The molecule has 78 valence electrons. The van der Waals surface area contributed by atoms with Crippen LogP contribution in [0.3, 0.4) is 0 Å². The minimum atomic E-state index is -1.13. The van der Waals surface area contributed by atoms with Gasteiger partial charge in [0.05, 0.1) is 12.7 Å². The Labute approximate surface area is 84.4 Å². The summed E-state index contributed by atoms with van der Waals surface area (Å²) in [6, 6.07) is 0. The van der Waals surface area contributed by atoms with Gasteiger partial charge in [-0.2, -0.15) is 0 Å². The largest absolute Gasteiger partial charge is 0.372 e. The van der Waals surface area contributed by atoms with Crippen LogP contribution in [-0.4, -0.2) is 40.0 Å². The average molecular weight is 217 g/mol. The maximum Gasteiger partial charge on any atom is 0.112 e. The van der Waals surface area contributed by atoms with Crippen molar-refractivity contribution in [2.45, 2.75) is 45.4 Å². The summed E-state index contributed by atoms with van der Waals surface area (Å²) in [5.41, 5.74) is 0. The van der Waals surface area contributed by atoms with Crippen molar-refractivity contribution < 1.29 is 4.74 Å². The van der Waals surface area contributed by atoms with Gasteiger partial charge >= 0.3 is 0 Å². The SMILES string of the molecule is C[Si](C)(C)N(CC1CO1)[Si](C)(C)C. The summed E-state index contributed by atoms with van der Waals surface area (Å²) in [7, 11) is -2.26. The first-order chi connectivity index (χ1) is 5.71. The summed E-state index contributed by atoms with van der Waals surface area (Å²) in [5.74, 6) is 0. The zero-order valence-corrected chi connectivity index (χ0v) is 11.8. The summed E-state index contributed by atoms with van der Waals surface area (Å²) in [6.07, 6.45) is 0.554. The van der Waals surface area contributed by atoms with Gasteiger partial charge in [-0.15, -0.1) is 0 Å². The van der Waals surface area contributed by atoms with Gasteiger partial charge in [-0.25, -0.2) is 0 Å². The molecule has 0 bridgehead atoms. The fraction of sp³-hybridized carbons (Fsp3) is 1.00. The van der Waals surface area contributed by atoms with Crippen LogP contribution in [0.25, 0.3) is 0 Å². The molecule has 1 aliphatic rings. The van der Waals surface area contributed by atoms with Crippen LogP contribution in [0.15, 0.2) is 0 Å². The van der Waals surface area contributed by atoms with Crippen LogP contribution in [-0.2, 0) is 4.74 Å². The Morgan fingerprint density at radius 1 is 1.08 bits per heavy atom. The van der Waals surface area contributed by atoms with Crippen LogP contribution < -0.4 is 0 Å². The van der Waals surface area contributed by atoms with Gasteiger partial charge in [0, 0.05) is 6.54 Å².